The number of amides is 1. The average Bonchev–Trinajstić information content (AvgIpc) is 3.02. The number of aryl methyl sites for hydroxylation is 1. The Morgan fingerprint density at radius 2 is 2.00 bits per heavy atom. The van der Waals surface area contributed by atoms with E-state index in [0.717, 1.165) is 23.5 Å². The number of hydrogen-bond acceptors (Lipinski definition) is 5. The van der Waals surface area contributed by atoms with Crippen molar-refractivity contribution in [1.29, 1.82) is 0 Å². The van der Waals surface area contributed by atoms with Crippen molar-refractivity contribution in [3.05, 3.63) is 74.7 Å². The molecule has 1 heterocycles. The number of nitro groups is 1. The Morgan fingerprint density at radius 3 is 2.65 bits per heavy atom. The number of hydrogen-bond donors (Lipinski definition) is 1. The van der Waals surface area contributed by atoms with Gasteiger partial charge in [0.15, 0.2) is 5.13 Å². The Hall–Kier alpha value is -3.20. The minimum Gasteiger partial charge on any atom is -0.298 e. The van der Waals surface area contributed by atoms with Crippen molar-refractivity contribution in [2.75, 3.05) is 5.32 Å². The van der Waals surface area contributed by atoms with Gasteiger partial charge in [0.05, 0.1) is 10.6 Å². The average molecular weight is 375 g/mol. The van der Waals surface area contributed by atoms with Crippen molar-refractivity contribution in [3.63, 3.8) is 0 Å². The number of carbonyl (C=O) groups excluding carboxylic acids is 1. The lowest BCUT2D eigenvalue weighted by molar-refractivity contribution is -0.385. The van der Waals surface area contributed by atoms with Crippen LogP contribution >= 0.6 is 11.3 Å². The van der Waals surface area contributed by atoms with E-state index in [0.29, 0.717) is 5.56 Å². The second-order valence-corrected chi connectivity index (χ2v) is 6.23. The van der Waals surface area contributed by atoms with E-state index in [1.165, 1.54) is 36.6 Å². The Kier molecular flexibility index (Phi) is 4.72. The summed E-state index contributed by atoms with van der Waals surface area (Å²) in [6.07, 6.45) is 0. The van der Waals surface area contributed by atoms with Gasteiger partial charge in [-0.2, -0.15) is 0 Å². The first-order valence-corrected chi connectivity index (χ1v) is 8.20. The molecular formula is C17H11F2N3O3S. The number of nitro benzene ring substituents is 1. The van der Waals surface area contributed by atoms with Gasteiger partial charge in [-0.25, -0.2) is 13.8 Å². The van der Waals surface area contributed by atoms with Gasteiger partial charge in [0, 0.05) is 34.2 Å². The van der Waals surface area contributed by atoms with Crippen LogP contribution in [0.3, 0.4) is 0 Å². The number of anilines is 1. The van der Waals surface area contributed by atoms with Crippen LogP contribution < -0.4 is 5.32 Å². The summed E-state index contributed by atoms with van der Waals surface area (Å²) in [5, 5.41) is 15.1. The minimum atomic E-state index is -0.751. The van der Waals surface area contributed by atoms with Crippen LogP contribution in [0.4, 0.5) is 19.6 Å². The Bertz CT molecular complexity index is 1020. The number of thiazole rings is 1. The first-order valence-electron chi connectivity index (χ1n) is 7.32. The van der Waals surface area contributed by atoms with Crippen LogP contribution in [0.1, 0.15) is 15.9 Å². The maximum atomic E-state index is 13.8. The number of benzene rings is 2. The highest BCUT2D eigenvalue weighted by atomic mass is 32.1. The molecule has 0 radical (unpaired) electrons. The van der Waals surface area contributed by atoms with Crippen LogP contribution in [0.25, 0.3) is 11.3 Å². The van der Waals surface area contributed by atoms with Gasteiger partial charge in [-0.1, -0.05) is 0 Å². The SMILES string of the molecule is Cc1cc(C(=O)Nc2nc(-c3ccc(F)cc3F)cs2)ccc1[N+](=O)[O-]. The summed E-state index contributed by atoms with van der Waals surface area (Å²) in [4.78, 5) is 26.7. The van der Waals surface area contributed by atoms with Crippen molar-refractivity contribution >= 4 is 28.1 Å². The van der Waals surface area contributed by atoms with Crippen molar-refractivity contribution in [2.45, 2.75) is 6.92 Å². The molecule has 0 bridgehead atoms. The Morgan fingerprint density at radius 1 is 1.23 bits per heavy atom. The van der Waals surface area contributed by atoms with E-state index < -0.39 is 22.5 Å². The standard InChI is InChI=1S/C17H11F2N3O3S/c1-9-6-10(2-5-15(9)22(24)25)16(23)21-17-20-14(8-26-17)12-4-3-11(18)7-13(12)19/h2-8H,1H3,(H,20,21,23). The van der Waals surface area contributed by atoms with E-state index in [1.54, 1.807) is 0 Å². The molecule has 0 aliphatic carbocycles. The van der Waals surface area contributed by atoms with Crippen molar-refractivity contribution in [3.8, 4) is 11.3 Å². The number of aromatic nitrogens is 1. The fourth-order valence-corrected chi connectivity index (χ4v) is 3.03. The van der Waals surface area contributed by atoms with Gasteiger partial charge in [-0.05, 0) is 31.2 Å². The van der Waals surface area contributed by atoms with Crippen molar-refractivity contribution in [1.82, 2.24) is 4.98 Å². The molecule has 2 aromatic carbocycles. The highest BCUT2D eigenvalue weighted by molar-refractivity contribution is 7.14. The van der Waals surface area contributed by atoms with Gasteiger partial charge in [-0.15, -0.1) is 11.3 Å². The predicted octanol–water partition coefficient (Wildman–Crippen LogP) is 4.56. The molecule has 1 amide bonds. The second-order valence-electron chi connectivity index (χ2n) is 5.37. The lowest BCUT2D eigenvalue weighted by Gasteiger charge is -2.03. The summed E-state index contributed by atoms with van der Waals surface area (Å²) in [5.41, 5.74) is 0.899. The topological polar surface area (TPSA) is 85.1 Å². The number of nitrogens with zero attached hydrogens (tertiary/aromatic N) is 2. The maximum absolute atomic E-state index is 13.8. The summed E-state index contributed by atoms with van der Waals surface area (Å²) in [6, 6.07) is 7.15. The normalized spacial score (nSPS) is 10.6. The summed E-state index contributed by atoms with van der Waals surface area (Å²) < 4.78 is 26.8. The summed E-state index contributed by atoms with van der Waals surface area (Å²) in [5.74, 6) is -1.94. The maximum Gasteiger partial charge on any atom is 0.272 e. The van der Waals surface area contributed by atoms with E-state index in [4.69, 9.17) is 0 Å². The highest BCUT2D eigenvalue weighted by Crippen LogP contribution is 2.28. The molecular weight excluding hydrogens is 364 g/mol. The number of carbonyl (C=O) groups is 1. The molecule has 0 saturated carbocycles. The third-order valence-corrected chi connectivity index (χ3v) is 4.35. The molecule has 1 aromatic heterocycles. The zero-order valence-electron chi connectivity index (χ0n) is 13.3. The summed E-state index contributed by atoms with van der Waals surface area (Å²) >= 11 is 1.08. The molecule has 1 N–H and O–H groups in total. The fourth-order valence-electron chi connectivity index (χ4n) is 2.32. The van der Waals surface area contributed by atoms with Crippen LogP contribution in [0.2, 0.25) is 0 Å². The van der Waals surface area contributed by atoms with Gasteiger partial charge in [0.2, 0.25) is 0 Å². The molecule has 3 aromatic rings. The fraction of sp³-hybridized carbons (Fsp3) is 0.0588. The van der Waals surface area contributed by atoms with E-state index in [9.17, 15) is 23.7 Å². The van der Waals surface area contributed by atoms with E-state index in [2.05, 4.69) is 10.3 Å². The molecule has 0 saturated heterocycles. The third kappa shape index (κ3) is 3.57. The van der Waals surface area contributed by atoms with Crippen LogP contribution in [0.5, 0.6) is 0 Å². The van der Waals surface area contributed by atoms with Gasteiger partial charge in [0.25, 0.3) is 11.6 Å². The highest BCUT2D eigenvalue weighted by Gasteiger charge is 2.16. The summed E-state index contributed by atoms with van der Waals surface area (Å²) in [6.45, 7) is 1.54. The molecule has 0 spiro atoms. The molecule has 0 fully saturated rings. The first-order chi connectivity index (χ1) is 12.3. The molecule has 9 heteroatoms. The minimum absolute atomic E-state index is 0.0788. The van der Waals surface area contributed by atoms with Gasteiger partial charge >= 0.3 is 0 Å². The zero-order chi connectivity index (χ0) is 18.8. The van der Waals surface area contributed by atoms with E-state index in [1.807, 2.05) is 0 Å². The number of rotatable bonds is 4. The molecule has 132 valence electrons. The monoisotopic (exact) mass is 375 g/mol. The van der Waals surface area contributed by atoms with Gasteiger partial charge in [0.1, 0.15) is 11.6 Å². The third-order valence-electron chi connectivity index (χ3n) is 3.59. The van der Waals surface area contributed by atoms with Crippen molar-refractivity contribution in [2.24, 2.45) is 0 Å². The Balaban J connectivity index is 1.80. The van der Waals surface area contributed by atoms with Crippen LogP contribution in [-0.4, -0.2) is 15.8 Å². The molecule has 0 aliphatic heterocycles. The van der Waals surface area contributed by atoms with E-state index in [-0.39, 0.29) is 27.6 Å². The number of nitrogens with one attached hydrogen (secondary N) is 1. The van der Waals surface area contributed by atoms with Gasteiger partial charge < -0.3 is 0 Å². The van der Waals surface area contributed by atoms with Crippen LogP contribution in [-0.2, 0) is 0 Å². The quantitative estimate of drug-likeness (QED) is 0.535. The predicted molar refractivity (Wildman–Crippen MR) is 93.3 cm³/mol. The lowest BCUT2D eigenvalue weighted by Crippen LogP contribution is -2.12. The molecule has 3 rings (SSSR count). The molecule has 6 nitrogen and oxygen atoms in total. The van der Waals surface area contributed by atoms with Crippen LogP contribution in [0, 0.1) is 28.7 Å². The second kappa shape index (κ2) is 6.96. The Labute approximate surface area is 150 Å². The largest absolute Gasteiger partial charge is 0.298 e. The molecule has 26 heavy (non-hydrogen) atoms. The lowest BCUT2D eigenvalue weighted by atomic mass is 10.1. The summed E-state index contributed by atoms with van der Waals surface area (Å²) in [7, 11) is 0. The first kappa shape index (κ1) is 17.6. The molecule has 0 unspecified atom stereocenters. The molecule has 0 aliphatic rings. The smallest absolute Gasteiger partial charge is 0.272 e. The van der Waals surface area contributed by atoms with Crippen LogP contribution in [0.15, 0.2) is 41.8 Å². The van der Waals surface area contributed by atoms with Crippen molar-refractivity contribution < 1.29 is 18.5 Å². The zero-order valence-corrected chi connectivity index (χ0v) is 14.1. The number of halogens is 2. The van der Waals surface area contributed by atoms with E-state index >= 15 is 0 Å². The van der Waals surface area contributed by atoms with Gasteiger partial charge in [-0.3, -0.25) is 20.2 Å². The molecule has 0 atom stereocenters.